The molecule has 1 aromatic rings. The molecule has 17 heavy (non-hydrogen) atoms. The summed E-state index contributed by atoms with van der Waals surface area (Å²) in [7, 11) is 1.34. The lowest BCUT2D eigenvalue weighted by atomic mass is 10.2. The molecule has 1 aliphatic rings. The van der Waals surface area contributed by atoms with Crippen molar-refractivity contribution < 1.29 is 14.3 Å². The SMILES string of the molecule is COC(=O)c1cnc(N2CCOCC2)nc1C. The average Bonchev–Trinajstić information content (AvgIpc) is 2.39. The maximum atomic E-state index is 11.4. The number of aromatic nitrogens is 2. The highest BCUT2D eigenvalue weighted by Crippen LogP contribution is 2.13. The molecule has 0 aliphatic carbocycles. The Labute approximate surface area is 99.6 Å². The van der Waals surface area contributed by atoms with Gasteiger partial charge in [-0.2, -0.15) is 0 Å². The van der Waals surface area contributed by atoms with E-state index in [1.54, 1.807) is 6.92 Å². The number of aryl methyl sites for hydroxylation is 1. The van der Waals surface area contributed by atoms with Gasteiger partial charge in [0.05, 0.1) is 31.6 Å². The Hall–Kier alpha value is -1.69. The number of morpholine rings is 1. The van der Waals surface area contributed by atoms with Crippen LogP contribution in [-0.2, 0) is 9.47 Å². The molecule has 92 valence electrons. The summed E-state index contributed by atoms with van der Waals surface area (Å²) in [6.07, 6.45) is 1.51. The minimum absolute atomic E-state index is 0.406. The number of hydrogen-bond acceptors (Lipinski definition) is 6. The van der Waals surface area contributed by atoms with Gasteiger partial charge in [0.15, 0.2) is 0 Å². The second kappa shape index (κ2) is 5.09. The van der Waals surface area contributed by atoms with Gasteiger partial charge in [0, 0.05) is 19.3 Å². The molecule has 0 N–H and O–H groups in total. The maximum Gasteiger partial charge on any atom is 0.341 e. The van der Waals surface area contributed by atoms with Crippen molar-refractivity contribution in [2.75, 3.05) is 38.3 Å². The van der Waals surface area contributed by atoms with Crippen molar-refractivity contribution >= 4 is 11.9 Å². The quantitative estimate of drug-likeness (QED) is 0.694. The summed E-state index contributed by atoms with van der Waals surface area (Å²) in [6, 6.07) is 0. The van der Waals surface area contributed by atoms with Crippen LogP contribution >= 0.6 is 0 Å². The molecule has 2 rings (SSSR count). The van der Waals surface area contributed by atoms with Crippen molar-refractivity contribution in [3.05, 3.63) is 17.5 Å². The van der Waals surface area contributed by atoms with Crippen LogP contribution in [0.25, 0.3) is 0 Å². The first kappa shape index (κ1) is 11.8. The van der Waals surface area contributed by atoms with Crippen molar-refractivity contribution in [2.45, 2.75) is 6.92 Å². The first-order valence-electron chi connectivity index (χ1n) is 5.47. The zero-order chi connectivity index (χ0) is 12.3. The Morgan fingerprint density at radius 3 is 2.76 bits per heavy atom. The third-order valence-electron chi connectivity index (χ3n) is 2.67. The molecule has 0 aromatic carbocycles. The molecular weight excluding hydrogens is 222 g/mol. The third-order valence-corrected chi connectivity index (χ3v) is 2.67. The molecule has 6 nitrogen and oxygen atoms in total. The topological polar surface area (TPSA) is 64.5 Å². The normalized spacial score (nSPS) is 15.8. The smallest absolute Gasteiger partial charge is 0.341 e. The van der Waals surface area contributed by atoms with E-state index >= 15 is 0 Å². The Kier molecular flexibility index (Phi) is 3.53. The fourth-order valence-electron chi connectivity index (χ4n) is 1.68. The van der Waals surface area contributed by atoms with Crippen LogP contribution in [0.4, 0.5) is 5.95 Å². The van der Waals surface area contributed by atoms with Crippen LogP contribution in [-0.4, -0.2) is 49.4 Å². The molecule has 0 spiro atoms. The molecule has 0 bridgehead atoms. The number of rotatable bonds is 2. The highest BCUT2D eigenvalue weighted by Gasteiger charge is 2.17. The molecule has 1 saturated heterocycles. The predicted molar refractivity (Wildman–Crippen MR) is 61.1 cm³/mol. The summed E-state index contributed by atoms with van der Waals surface area (Å²) >= 11 is 0. The van der Waals surface area contributed by atoms with E-state index in [2.05, 4.69) is 14.7 Å². The summed E-state index contributed by atoms with van der Waals surface area (Å²) in [5.74, 6) is 0.231. The monoisotopic (exact) mass is 237 g/mol. The Balaban J connectivity index is 2.20. The number of esters is 1. The second-order valence-corrected chi connectivity index (χ2v) is 3.76. The van der Waals surface area contributed by atoms with Gasteiger partial charge in [-0.15, -0.1) is 0 Å². The van der Waals surface area contributed by atoms with E-state index in [4.69, 9.17) is 4.74 Å². The van der Waals surface area contributed by atoms with Gasteiger partial charge in [0.2, 0.25) is 5.95 Å². The molecular formula is C11H15N3O3. The predicted octanol–water partition coefficient (Wildman–Crippen LogP) is 0.408. The van der Waals surface area contributed by atoms with Gasteiger partial charge >= 0.3 is 5.97 Å². The lowest BCUT2D eigenvalue weighted by molar-refractivity contribution is 0.0598. The molecule has 0 radical (unpaired) electrons. The van der Waals surface area contributed by atoms with Crippen molar-refractivity contribution in [3.63, 3.8) is 0 Å². The van der Waals surface area contributed by atoms with Crippen LogP contribution in [0.15, 0.2) is 6.20 Å². The second-order valence-electron chi connectivity index (χ2n) is 3.76. The molecule has 0 amide bonds. The van der Waals surface area contributed by atoms with Gasteiger partial charge in [-0.25, -0.2) is 14.8 Å². The van der Waals surface area contributed by atoms with E-state index in [0.717, 1.165) is 13.1 Å². The first-order chi connectivity index (χ1) is 8.22. The van der Waals surface area contributed by atoms with Crippen LogP contribution < -0.4 is 4.90 Å². The first-order valence-corrected chi connectivity index (χ1v) is 5.47. The van der Waals surface area contributed by atoms with Gasteiger partial charge in [0.25, 0.3) is 0 Å². The number of nitrogens with zero attached hydrogens (tertiary/aromatic N) is 3. The van der Waals surface area contributed by atoms with Gasteiger partial charge in [-0.3, -0.25) is 0 Å². The minimum Gasteiger partial charge on any atom is -0.465 e. The maximum absolute atomic E-state index is 11.4. The number of hydrogen-bond donors (Lipinski definition) is 0. The highest BCUT2D eigenvalue weighted by molar-refractivity contribution is 5.90. The third kappa shape index (κ3) is 2.52. The van der Waals surface area contributed by atoms with E-state index in [1.807, 2.05) is 4.90 Å². The lowest BCUT2D eigenvalue weighted by Gasteiger charge is -2.26. The van der Waals surface area contributed by atoms with Crippen molar-refractivity contribution in [1.29, 1.82) is 0 Å². The zero-order valence-corrected chi connectivity index (χ0v) is 9.97. The molecule has 1 fully saturated rings. The van der Waals surface area contributed by atoms with Gasteiger partial charge < -0.3 is 14.4 Å². The van der Waals surface area contributed by atoms with Crippen LogP contribution in [0.1, 0.15) is 16.1 Å². The summed E-state index contributed by atoms with van der Waals surface area (Å²) in [6.45, 7) is 4.69. The van der Waals surface area contributed by atoms with Crippen LogP contribution in [0.2, 0.25) is 0 Å². The Morgan fingerprint density at radius 1 is 1.47 bits per heavy atom. The van der Waals surface area contributed by atoms with Gasteiger partial charge in [-0.1, -0.05) is 0 Å². The summed E-state index contributed by atoms with van der Waals surface area (Å²) < 4.78 is 9.91. The van der Waals surface area contributed by atoms with Crippen LogP contribution in [0.3, 0.4) is 0 Å². The molecule has 6 heteroatoms. The minimum atomic E-state index is -0.406. The molecule has 1 aliphatic heterocycles. The number of carbonyl (C=O) groups excluding carboxylic acids is 1. The largest absolute Gasteiger partial charge is 0.465 e. The highest BCUT2D eigenvalue weighted by atomic mass is 16.5. The van der Waals surface area contributed by atoms with Crippen molar-refractivity contribution in [1.82, 2.24) is 9.97 Å². The molecule has 0 atom stereocenters. The lowest BCUT2D eigenvalue weighted by Crippen LogP contribution is -2.37. The molecule has 2 heterocycles. The van der Waals surface area contributed by atoms with E-state index < -0.39 is 5.97 Å². The Bertz CT molecular complexity index is 416. The average molecular weight is 237 g/mol. The molecule has 1 aromatic heterocycles. The number of ether oxygens (including phenoxy) is 2. The summed E-state index contributed by atoms with van der Waals surface area (Å²) in [5.41, 5.74) is 1.04. The van der Waals surface area contributed by atoms with Crippen molar-refractivity contribution in [3.8, 4) is 0 Å². The number of anilines is 1. The molecule has 0 unspecified atom stereocenters. The van der Waals surface area contributed by atoms with E-state index in [9.17, 15) is 4.79 Å². The van der Waals surface area contributed by atoms with Gasteiger partial charge in [-0.05, 0) is 6.92 Å². The summed E-state index contributed by atoms with van der Waals surface area (Å²) in [5, 5.41) is 0. The number of carbonyl (C=O) groups is 1. The molecule has 0 saturated carbocycles. The number of methoxy groups -OCH3 is 1. The summed E-state index contributed by atoms with van der Waals surface area (Å²) in [4.78, 5) is 21.9. The standard InChI is InChI=1S/C11H15N3O3/c1-8-9(10(15)16-2)7-12-11(13-8)14-3-5-17-6-4-14/h7H,3-6H2,1-2H3. The van der Waals surface area contributed by atoms with E-state index in [-0.39, 0.29) is 0 Å². The Morgan fingerprint density at radius 2 is 2.18 bits per heavy atom. The zero-order valence-electron chi connectivity index (χ0n) is 9.97. The van der Waals surface area contributed by atoms with Crippen molar-refractivity contribution in [2.24, 2.45) is 0 Å². The van der Waals surface area contributed by atoms with Crippen LogP contribution in [0, 0.1) is 6.92 Å². The fraction of sp³-hybridized carbons (Fsp3) is 0.545. The fourth-order valence-corrected chi connectivity index (χ4v) is 1.68. The van der Waals surface area contributed by atoms with Gasteiger partial charge in [0.1, 0.15) is 0 Å². The van der Waals surface area contributed by atoms with Crippen LogP contribution in [0.5, 0.6) is 0 Å². The van der Waals surface area contributed by atoms with E-state index in [1.165, 1.54) is 13.3 Å². The van der Waals surface area contributed by atoms with E-state index in [0.29, 0.717) is 30.4 Å².